The molecule has 3 heterocycles. The van der Waals surface area contributed by atoms with E-state index in [9.17, 15) is 13.6 Å². The van der Waals surface area contributed by atoms with Gasteiger partial charge in [-0.2, -0.15) is 0 Å². The fraction of sp³-hybridized carbons (Fsp3) is 0.385. The molecule has 0 saturated carbocycles. The van der Waals surface area contributed by atoms with Crippen LogP contribution < -0.4 is 9.64 Å². The van der Waals surface area contributed by atoms with Crippen molar-refractivity contribution >= 4 is 17.4 Å². The number of ether oxygens (including phenoxy) is 6. The van der Waals surface area contributed by atoms with Crippen LogP contribution in [0.3, 0.4) is 0 Å². The van der Waals surface area contributed by atoms with Gasteiger partial charge < -0.3 is 33.3 Å². The fourth-order valence-corrected chi connectivity index (χ4v) is 7.96. The molecule has 0 bridgehead atoms. The first kappa shape index (κ1) is 46.3. The standard InChI is InChI=1S/C52H59F2N3O7/c1-35-27-46-55-44(40-20-14-19-39(28-40)41-29-42(53)43(54)30-45(41)62-34-38-17-12-9-13-18-38)31-57(46)49(47(35)48(50(58)59-7)64-51(3,4)5)56-23-21-52(6,22-24-56)63-26-25-60-32-36(2)61-33-37-15-10-8-11-16-37/h8-20,27-31,36,48H,21-26,32-34H2,1-7H3/t36-,48+/m1/s1. The molecule has 7 rings (SSSR count). The van der Waals surface area contributed by atoms with Crippen molar-refractivity contribution < 1.29 is 42.0 Å². The van der Waals surface area contributed by atoms with Gasteiger partial charge in [0.2, 0.25) is 0 Å². The Labute approximate surface area is 375 Å². The van der Waals surface area contributed by atoms with Crippen molar-refractivity contribution in [3.8, 4) is 28.1 Å². The molecular weight excluding hydrogens is 817 g/mol. The average Bonchev–Trinajstić information content (AvgIpc) is 3.71. The monoisotopic (exact) mass is 875 g/mol. The molecule has 1 fully saturated rings. The number of carbonyl (C=O) groups excluding carboxylic acids is 1. The van der Waals surface area contributed by atoms with Gasteiger partial charge >= 0.3 is 5.97 Å². The Morgan fingerprint density at radius 2 is 1.50 bits per heavy atom. The zero-order valence-electron chi connectivity index (χ0n) is 37.9. The summed E-state index contributed by atoms with van der Waals surface area (Å²) in [5, 5.41) is 0. The lowest BCUT2D eigenvalue weighted by atomic mass is 9.92. The third-order valence-corrected chi connectivity index (χ3v) is 11.4. The molecule has 1 aliphatic rings. The maximum atomic E-state index is 14.8. The molecule has 12 heteroatoms. The number of piperidine rings is 1. The van der Waals surface area contributed by atoms with Crippen LogP contribution in [-0.2, 0) is 41.7 Å². The molecule has 2 aromatic heterocycles. The van der Waals surface area contributed by atoms with Crippen molar-refractivity contribution in [1.29, 1.82) is 0 Å². The molecule has 1 saturated heterocycles. The quantitative estimate of drug-likeness (QED) is 0.0618. The van der Waals surface area contributed by atoms with Crippen LogP contribution in [-0.4, -0.2) is 72.7 Å². The zero-order valence-corrected chi connectivity index (χ0v) is 37.9. The molecule has 0 spiro atoms. The summed E-state index contributed by atoms with van der Waals surface area (Å²) in [4.78, 5) is 21.0. The predicted molar refractivity (Wildman–Crippen MR) is 244 cm³/mol. The molecule has 1 aliphatic heterocycles. The van der Waals surface area contributed by atoms with E-state index in [1.165, 1.54) is 13.2 Å². The number of rotatable bonds is 18. The second kappa shape index (κ2) is 20.5. The first-order valence-corrected chi connectivity index (χ1v) is 21.9. The molecule has 338 valence electrons. The van der Waals surface area contributed by atoms with E-state index in [1.807, 2.05) is 136 Å². The predicted octanol–water partition coefficient (Wildman–Crippen LogP) is 10.9. The minimum Gasteiger partial charge on any atom is -0.488 e. The van der Waals surface area contributed by atoms with Crippen molar-refractivity contribution in [3.05, 3.63) is 143 Å². The van der Waals surface area contributed by atoms with Crippen molar-refractivity contribution in [2.45, 2.75) is 91.0 Å². The van der Waals surface area contributed by atoms with Gasteiger partial charge in [0, 0.05) is 42.0 Å². The maximum Gasteiger partial charge on any atom is 0.339 e. The van der Waals surface area contributed by atoms with Crippen LogP contribution in [0.5, 0.6) is 5.75 Å². The van der Waals surface area contributed by atoms with Gasteiger partial charge in [-0.15, -0.1) is 0 Å². The van der Waals surface area contributed by atoms with Crippen molar-refractivity contribution in [3.63, 3.8) is 0 Å². The van der Waals surface area contributed by atoms with Crippen LogP contribution in [0.2, 0.25) is 0 Å². The van der Waals surface area contributed by atoms with Gasteiger partial charge in [-0.05, 0) is 94.8 Å². The number of carbonyl (C=O) groups is 1. The Kier molecular flexibility index (Phi) is 14.8. The van der Waals surface area contributed by atoms with Gasteiger partial charge in [-0.25, -0.2) is 18.6 Å². The summed E-state index contributed by atoms with van der Waals surface area (Å²) < 4.78 is 67.8. The van der Waals surface area contributed by atoms with Crippen molar-refractivity contribution in [2.24, 2.45) is 0 Å². The molecule has 4 aromatic carbocycles. The van der Waals surface area contributed by atoms with Crippen molar-refractivity contribution in [2.75, 3.05) is 44.9 Å². The van der Waals surface area contributed by atoms with E-state index in [4.69, 9.17) is 33.4 Å². The molecule has 0 N–H and O–H groups in total. The number of hydrogen-bond donors (Lipinski definition) is 0. The summed E-state index contributed by atoms with van der Waals surface area (Å²) in [6.07, 6.45) is 2.30. The number of esters is 1. The first-order chi connectivity index (χ1) is 30.7. The summed E-state index contributed by atoms with van der Waals surface area (Å²) >= 11 is 0. The van der Waals surface area contributed by atoms with Crippen LogP contribution in [0.1, 0.15) is 75.8 Å². The number of aromatic nitrogens is 2. The lowest BCUT2D eigenvalue weighted by Gasteiger charge is -2.41. The third-order valence-electron chi connectivity index (χ3n) is 11.4. The third kappa shape index (κ3) is 11.5. The number of benzene rings is 4. The second-order valence-corrected chi connectivity index (χ2v) is 17.6. The summed E-state index contributed by atoms with van der Waals surface area (Å²) in [6.45, 7) is 15.2. The number of aryl methyl sites for hydroxylation is 1. The van der Waals surface area contributed by atoms with Crippen LogP contribution in [0.15, 0.2) is 109 Å². The van der Waals surface area contributed by atoms with Crippen molar-refractivity contribution in [1.82, 2.24) is 9.38 Å². The topological polar surface area (TPSA) is 93.0 Å². The number of anilines is 1. The number of nitrogens with zero attached hydrogens (tertiary/aromatic N) is 3. The number of methoxy groups -OCH3 is 1. The summed E-state index contributed by atoms with van der Waals surface area (Å²) in [7, 11) is 1.37. The highest BCUT2D eigenvalue weighted by Gasteiger charge is 2.37. The molecule has 0 radical (unpaired) electrons. The summed E-state index contributed by atoms with van der Waals surface area (Å²) in [5.41, 5.74) is 5.55. The Hall–Kier alpha value is -5.66. The smallest absolute Gasteiger partial charge is 0.339 e. The van der Waals surface area contributed by atoms with Gasteiger partial charge in [0.25, 0.3) is 0 Å². The van der Waals surface area contributed by atoms with Crippen LogP contribution in [0.4, 0.5) is 14.6 Å². The van der Waals surface area contributed by atoms with E-state index in [0.717, 1.165) is 34.1 Å². The number of halogens is 2. The normalized spacial score (nSPS) is 15.0. The van der Waals surface area contributed by atoms with Gasteiger partial charge in [-0.1, -0.05) is 78.9 Å². The molecule has 0 amide bonds. The zero-order chi connectivity index (χ0) is 45.4. The summed E-state index contributed by atoms with van der Waals surface area (Å²) in [6, 6.07) is 31.3. The van der Waals surface area contributed by atoms with Crippen LogP contribution >= 0.6 is 0 Å². The lowest BCUT2D eigenvalue weighted by Crippen LogP contribution is -2.46. The van der Waals surface area contributed by atoms with Gasteiger partial charge in [0.1, 0.15) is 23.8 Å². The highest BCUT2D eigenvalue weighted by Crippen LogP contribution is 2.41. The van der Waals surface area contributed by atoms with E-state index in [-0.39, 0.29) is 18.5 Å². The largest absolute Gasteiger partial charge is 0.488 e. The Balaban J connectivity index is 1.14. The molecule has 10 nitrogen and oxygen atoms in total. The van der Waals surface area contributed by atoms with Gasteiger partial charge in [-0.3, -0.25) is 4.40 Å². The molecule has 64 heavy (non-hydrogen) atoms. The van der Waals surface area contributed by atoms with Gasteiger partial charge in [0.05, 0.1) is 56.5 Å². The number of pyridine rings is 1. The number of hydrogen-bond acceptors (Lipinski definition) is 9. The molecule has 0 aliphatic carbocycles. The molecule has 0 unspecified atom stereocenters. The van der Waals surface area contributed by atoms with Crippen LogP contribution in [0, 0.1) is 18.6 Å². The molecular formula is C52H59F2N3O7. The van der Waals surface area contributed by atoms with E-state index in [2.05, 4.69) is 11.8 Å². The molecule has 6 aromatic rings. The van der Waals surface area contributed by atoms with E-state index in [1.54, 1.807) is 0 Å². The number of fused-ring (bicyclic) bond motifs is 1. The average molecular weight is 876 g/mol. The Bertz CT molecular complexity index is 2500. The minimum atomic E-state index is -1.03. The van der Waals surface area contributed by atoms with Gasteiger partial charge in [0.15, 0.2) is 17.7 Å². The molecule has 2 atom stereocenters. The highest BCUT2D eigenvalue weighted by atomic mass is 19.2. The lowest BCUT2D eigenvalue weighted by molar-refractivity contribution is -0.164. The van der Waals surface area contributed by atoms with E-state index in [0.29, 0.717) is 80.4 Å². The van der Waals surface area contributed by atoms with Crippen LogP contribution in [0.25, 0.3) is 28.0 Å². The Morgan fingerprint density at radius 1 is 0.844 bits per heavy atom. The highest BCUT2D eigenvalue weighted by molar-refractivity contribution is 5.82. The van der Waals surface area contributed by atoms with E-state index < -0.39 is 34.9 Å². The first-order valence-electron chi connectivity index (χ1n) is 21.9. The maximum absolute atomic E-state index is 14.8. The number of imidazole rings is 1. The Morgan fingerprint density at radius 3 is 2.17 bits per heavy atom. The summed E-state index contributed by atoms with van der Waals surface area (Å²) in [5.74, 6) is -1.48. The van der Waals surface area contributed by atoms with E-state index >= 15 is 0 Å². The SMILES string of the molecule is COC(=O)[C@@H](OC(C)(C)C)c1c(C)cc2nc(-c3cccc(-c4cc(F)c(F)cc4OCc4ccccc4)c3)cn2c1N1CCC(C)(OCCOC[C@@H](C)OCc2ccccc2)CC1. The minimum absolute atomic E-state index is 0.0555. The second-order valence-electron chi connectivity index (χ2n) is 17.6. The fourth-order valence-electron chi connectivity index (χ4n) is 7.96.